The van der Waals surface area contributed by atoms with Gasteiger partial charge in [0.1, 0.15) is 23.1 Å². The number of imidazole rings is 1. The maximum absolute atomic E-state index is 14.0. The Bertz CT molecular complexity index is 1580. The topological polar surface area (TPSA) is 105 Å². The van der Waals surface area contributed by atoms with Gasteiger partial charge in [-0.15, -0.1) is 0 Å². The lowest BCUT2D eigenvalue weighted by Crippen LogP contribution is -2.48. The first-order valence-corrected chi connectivity index (χ1v) is 14.0. The summed E-state index contributed by atoms with van der Waals surface area (Å²) in [6, 6.07) is 14.5. The minimum Gasteiger partial charge on any atom is -0.497 e. The second-order valence-corrected chi connectivity index (χ2v) is 10.5. The summed E-state index contributed by atoms with van der Waals surface area (Å²) in [7, 11) is 1.58. The summed E-state index contributed by atoms with van der Waals surface area (Å²) in [4.78, 5) is 31.2. The Morgan fingerprint density at radius 2 is 1.72 bits per heavy atom. The molecule has 0 aliphatic carbocycles. The highest BCUT2D eigenvalue weighted by molar-refractivity contribution is 6.10. The van der Waals surface area contributed by atoms with Crippen LogP contribution in [0, 0.1) is 25.5 Å². The number of carbonyl (C=O) groups is 2. The number of benzene rings is 3. The zero-order chi connectivity index (χ0) is 31.1. The molecule has 0 saturated heterocycles. The number of hydrogen-bond acceptors (Lipinski definition) is 6. The Balaban J connectivity index is 1.55. The molecule has 0 fully saturated rings. The molecule has 2 atom stereocenters. The average molecular weight is 591 g/mol. The fourth-order valence-electron chi connectivity index (χ4n) is 5.01. The van der Waals surface area contributed by atoms with Crippen molar-refractivity contribution in [1.29, 1.82) is 0 Å². The quantitative estimate of drug-likeness (QED) is 0.198. The van der Waals surface area contributed by atoms with Crippen molar-refractivity contribution >= 4 is 11.7 Å². The first-order chi connectivity index (χ1) is 20.6. The molecule has 0 aliphatic heterocycles. The maximum Gasteiger partial charge on any atom is 0.251 e. The van der Waals surface area contributed by atoms with Crippen molar-refractivity contribution < 1.29 is 28.2 Å². The Morgan fingerprint density at radius 1 is 1.00 bits per heavy atom. The van der Waals surface area contributed by atoms with Crippen LogP contribution in [-0.2, 0) is 19.5 Å². The van der Waals surface area contributed by atoms with E-state index in [-0.39, 0.29) is 29.9 Å². The third kappa shape index (κ3) is 8.12. The number of halogens is 2. The normalized spacial score (nSPS) is 12.5. The Labute approximate surface area is 249 Å². The molecule has 1 aromatic heterocycles. The molecule has 1 heterocycles. The van der Waals surface area contributed by atoms with Crippen molar-refractivity contribution in [2.24, 2.45) is 0 Å². The van der Waals surface area contributed by atoms with Gasteiger partial charge in [0, 0.05) is 36.8 Å². The van der Waals surface area contributed by atoms with Crippen LogP contribution < -0.4 is 15.4 Å². The van der Waals surface area contributed by atoms with E-state index in [0.717, 1.165) is 11.6 Å². The van der Waals surface area contributed by atoms with E-state index in [0.29, 0.717) is 41.4 Å². The van der Waals surface area contributed by atoms with E-state index in [1.54, 1.807) is 44.0 Å². The SMILES string of the molecule is CCn1cnc(C)c1C(=O)c1cc(C)cc(C(=O)N[C@@H](Cc2cc(F)cc(F)c2)[C@H](O)CNCc2cccc(OC)c2)c1. The molecule has 0 radical (unpaired) electrons. The second kappa shape index (κ2) is 14.2. The van der Waals surface area contributed by atoms with Crippen molar-refractivity contribution in [1.82, 2.24) is 20.2 Å². The number of aliphatic hydroxyl groups is 1. The Morgan fingerprint density at radius 3 is 2.42 bits per heavy atom. The molecular formula is C33H36F2N4O4. The van der Waals surface area contributed by atoms with Gasteiger partial charge in [-0.25, -0.2) is 13.8 Å². The van der Waals surface area contributed by atoms with E-state index < -0.39 is 29.7 Å². The molecule has 3 aromatic carbocycles. The number of amides is 1. The van der Waals surface area contributed by atoms with Gasteiger partial charge in [0.25, 0.3) is 5.91 Å². The summed E-state index contributed by atoms with van der Waals surface area (Å²) in [5.41, 5.74) is 3.48. The number of aromatic nitrogens is 2. The summed E-state index contributed by atoms with van der Waals surface area (Å²) in [6.07, 6.45) is 0.457. The highest BCUT2D eigenvalue weighted by Gasteiger charge is 2.25. The largest absolute Gasteiger partial charge is 0.497 e. The van der Waals surface area contributed by atoms with Crippen LogP contribution in [0.4, 0.5) is 8.78 Å². The van der Waals surface area contributed by atoms with E-state index in [1.807, 2.05) is 31.2 Å². The van der Waals surface area contributed by atoms with Crippen LogP contribution in [0.1, 0.15) is 55.7 Å². The van der Waals surface area contributed by atoms with Crippen molar-refractivity contribution in [3.63, 3.8) is 0 Å². The highest BCUT2D eigenvalue weighted by Crippen LogP contribution is 2.19. The lowest BCUT2D eigenvalue weighted by atomic mass is 9.98. The minimum absolute atomic E-state index is 0.0328. The van der Waals surface area contributed by atoms with Crippen molar-refractivity contribution in [3.05, 3.63) is 118 Å². The van der Waals surface area contributed by atoms with Crippen LogP contribution in [-0.4, -0.2) is 52.1 Å². The fourth-order valence-corrected chi connectivity index (χ4v) is 5.01. The molecule has 3 N–H and O–H groups in total. The zero-order valence-corrected chi connectivity index (χ0v) is 24.7. The van der Waals surface area contributed by atoms with Gasteiger partial charge in [-0.1, -0.05) is 12.1 Å². The van der Waals surface area contributed by atoms with Gasteiger partial charge in [-0.05, 0) is 86.3 Å². The molecule has 4 aromatic rings. The molecule has 10 heteroatoms. The lowest BCUT2D eigenvalue weighted by molar-refractivity contribution is 0.0829. The van der Waals surface area contributed by atoms with Crippen LogP contribution in [0.15, 0.2) is 67.0 Å². The minimum atomic E-state index is -1.12. The summed E-state index contributed by atoms with van der Waals surface area (Å²) in [6.45, 7) is 6.51. The molecule has 0 aliphatic rings. The van der Waals surface area contributed by atoms with Crippen LogP contribution in [0.3, 0.4) is 0 Å². The molecule has 1 amide bonds. The van der Waals surface area contributed by atoms with Crippen LogP contribution in [0.25, 0.3) is 0 Å². The van der Waals surface area contributed by atoms with Crippen LogP contribution >= 0.6 is 0 Å². The standard InChI is InChI=1S/C33H36F2N4O4/c1-5-39-19-37-21(3)31(39)32(41)24-9-20(2)10-25(15-24)33(42)38-29(14-23-11-26(34)16-27(35)12-23)30(40)18-36-17-22-7-6-8-28(13-22)43-4/h6-13,15-16,19,29-30,36,40H,5,14,17-18H2,1-4H3,(H,38,42)/t29-,30+/m0/s1. The number of aliphatic hydroxyl groups excluding tert-OH is 1. The number of hydrogen-bond donors (Lipinski definition) is 3. The first kappa shape index (κ1) is 31.5. The fraction of sp³-hybridized carbons (Fsp3) is 0.303. The van der Waals surface area contributed by atoms with Gasteiger partial charge < -0.3 is 25.0 Å². The van der Waals surface area contributed by atoms with Gasteiger partial charge in [0.2, 0.25) is 5.78 Å². The van der Waals surface area contributed by atoms with Gasteiger partial charge in [-0.3, -0.25) is 9.59 Å². The van der Waals surface area contributed by atoms with Crippen LogP contribution in [0.5, 0.6) is 5.75 Å². The Kier molecular flexibility index (Phi) is 10.4. The predicted octanol–water partition coefficient (Wildman–Crippen LogP) is 4.53. The van der Waals surface area contributed by atoms with E-state index in [9.17, 15) is 23.5 Å². The molecule has 0 spiro atoms. The third-order valence-electron chi connectivity index (χ3n) is 7.15. The number of ether oxygens (including phenoxy) is 1. The number of rotatable bonds is 13. The highest BCUT2D eigenvalue weighted by atomic mass is 19.1. The molecule has 0 unspecified atom stereocenters. The van der Waals surface area contributed by atoms with Gasteiger partial charge >= 0.3 is 0 Å². The molecule has 8 nitrogen and oxygen atoms in total. The molecule has 4 rings (SSSR count). The van der Waals surface area contributed by atoms with Crippen molar-refractivity contribution in [2.75, 3.05) is 13.7 Å². The van der Waals surface area contributed by atoms with Crippen molar-refractivity contribution in [2.45, 2.75) is 52.4 Å². The van der Waals surface area contributed by atoms with E-state index in [2.05, 4.69) is 15.6 Å². The number of methoxy groups -OCH3 is 1. The molecule has 226 valence electrons. The van der Waals surface area contributed by atoms with Crippen molar-refractivity contribution in [3.8, 4) is 5.75 Å². The van der Waals surface area contributed by atoms with Gasteiger partial charge in [0.05, 0.1) is 31.3 Å². The van der Waals surface area contributed by atoms with Gasteiger partial charge in [-0.2, -0.15) is 0 Å². The zero-order valence-electron chi connectivity index (χ0n) is 24.7. The van der Waals surface area contributed by atoms with E-state index in [1.165, 1.54) is 18.2 Å². The monoisotopic (exact) mass is 590 g/mol. The molecule has 43 heavy (non-hydrogen) atoms. The molecule has 0 bridgehead atoms. The van der Waals surface area contributed by atoms with Gasteiger partial charge in [0.15, 0.2) is 0 Å². The van der Waals surface area contributed by atoms with E-state index >= 15 is 0 Å². The number of aryl methyl sites for hydroxylation is 3. The summed E-state index contributed by atoms with van der Waals surface area (Å²) in [5, 5.41) is 17.1. The summed E-state index contributed by atoms with van der Waals surface area (Å²) < 4.78 is 34.9. The third-order valence-corrected chi connectivity index (χ3v) is 7.15. The number of nitrogens with one attached hydrogen (secondary N) is 2. The predicted molar refractivity (Wildman–Crippen MR) is 159 cm³/mol. The number of nitrogens with zero attached hydrogens (tertiary/aromatic N) is 2. The molecular weight excluding hydrogens is 554 g/mol. The second-order valence-electron chi connectivity index (χ2n) is 10.5. The first-order valence-electron chi connectivity index (χ1n) is 14.0. The number of ketones is 1. The summed E-state index contributed by atoms with van der Waals surface area (Å²) in [5.74, 6) is -1.61. The van der Waals surface area contributed by atoms with Crippen LogP contribution in [0.2, 0.25) is 0 Å². The average Bonchev–Trinajstić information content (AvgIpc) is 3.35. The summed E-state index contributed by atoms with van der Waals surface area (Å²) >= 11 is 0. The number of carbonyl (C=O) groups excluding carboxylic acids is 2. The lowest BCUT2D eigenvalue weighted by Gasteiger charge is -2.25. The van der Waals surface area contributed by atoms with E-state index in [4.69, 9.17) is 4.74 Å². The molecule has 0 saturated carbocycles. The Hall–Kier alpha value is -4.41. The maximum atomic E-state index is 14.0. The smallest absolute Gasteiger partial charge is 0.251 e.